The van der Waals surface area contributed by atoms with Crippen molar-refractivity contribution in [2.75, 3.05) is 13.1 Å². The third-order valence-electron chi connectivity index (χ3n) is 5.90. The highest BCUT2D eigenvalue weighted by atomic mass is 16.2. The molecule has 2 heterocycles. The number of carbonyl (C=O) groups is 1. The molecule has 1 saturated carbocycles. The van der Waals surface area contributed by atoms with Crippen molar-refractivity contribution < 1.29 is 4.79 Å². The maximum Gasteiger partial charge on any atom is 0.253 e. The lowest BCUT2D eigenvalue weighted by Gasteiger charge is -2.37. The average Bonchev–Trinajstić information content (AvgIpc) is 2.93. The molecule has 2 N–H and O–H groups in total. The Kier molecular flexibility index (Phi) is 3.72. The predicted octanol–water partition coefficient (Wildman–Crippen LogP) is 2.54. The van der Waals surface area contributed by atoms with Gasteiger partial charge in [0.15, 0.2) is 0 Å². The normalized spacial score (nSPS) is 25.9. The lowest BCUT2D eigenvalue weighted by atomic mass is 9.68. The number of nitrogens with one attached hydrogen (secondary N) is 2. The molecule has 4 heteroatoms. The Morgan fingerprint density at radius 1 is 0.913 bits per heavy atom. The van der Waals surface area contributed by atoms with E-state index in [4.69, 9.17) is 4.99 Å². The second-order valence-corrected chi connectivity index (χ2v) is 7.20. The molecular formula is C19H25N3O. The highest BCUT2D eigenvalue weighted by molar-refractivity contribution is 6.12. The second kappa shape index (κ2) is 5.75. The van der Waals surface area contributed by atoms with Crippen molar-refractivity contribution in [3.63, 3.8) is 0 Å². The van der Waals surface area contributed by atoms with E-state index in [1.807, 2.05) is 0 Å². The van der Waals surface area contributed by atoms with Crippen molar-refractivity contribution in [1.29, 1.82) is 0 Å². The first-order valence-electron chi connectivity index (χ1n) is 8.93. The van der Waals surface area contributed by atoms with Gasteiger partial charge in [-0.25, -0.2) is 0 Å². The fourth-order valence-electron chi connectivity index (χ4n) is 4.50. The van der Waals surface area contributed by atoms with E-state index in [2.05, 4.69) is 41.0 Å². The number of hydrogen-bond donors (Lipinski definition) is 2. The Bertz CT molecular complexity index is 611. The number of amides is 1. The maximum absolute atomic E-state index is 12.7. The minimum Gasteiger partial charge on any atom is -0.317 e. The summed E-state index contributed by atoms with van der Waals surface area (Å²) >= 11 is 0. The third-order valence-corrected chi connectivity index (χ3v) is 5.90. The average molecular weight is 311 g/mol. The number of aliphatic imine (C=N–C) groups is 1. The van der Waals surface area contributed by atoms with Gasteiger partial charge in [0.1, 0.15) is 11.4 Å². The van der Waals surface area contributed by atoms with Gasteiger partial charge in [-0.1, -0.05) is 49.6 Å². The Morgan fingerprint density at radius 3 is 2.30 bits per heavy atom. The third kappa shape index (κ3) is 2.40. The van der Waals surface area contributed by atoms with E-state index in [0.717, 1.165) is 44.6 Å². The van der Waals surface area contributed by atoms with E-state index in [-0.39, 0.29) is 11.3 Å². The van der Waals surface area contributed by atoms with Crippen LogP contribution in [-0.2, 0) is 10.2 Å². The molecule has 4 rings (SSSR count). The van der Waals surface area contributed by atoms with Gasteiger partial charge in [0, 0.05) is 0 Å². The molecule has 2 aliphatic heterocycles. The number of piperidine rings is 1. The molecule has 1 aromatic rings. The zero-order valence-electron chi connectivity index (χ0n) is 13.6. The van der Waals surface area contributed by atoms with Crippen molar-refractivity contribution in [3.05, 3.63) is 35.9 Å². The van der Waals surface area contributed by atoms with Crippen LogP contribution in [0.4, 0.5) is 0 Å². The van der Waals surface area contributed by atoms with Crippen LogP contribution in [0.25, 0.3) is 0 Å². The first-order chi connectivity index (χ1) is 11.3. The molecule has 4 nitrogen and oxygen atoms in total. The topological polar surface area (TPSA) is 53.5 Å². The number of nitrogens with zero attached hydrogens (tertiary/aromatic N) is 1. The number of amidine groups is 1. The van der Waals surface area contributed by atoms with Crippen molar-refractivity contribution in [2.24, 2.45) is 4.99 Å². The van der Waals surface area contributed by atoms with Crippen LogP contribution in [-0.4, -0.2) is 30.4 Å². The molecule has 0 bridgehead atoms. The smallest absolute Gasteiger partial charge is 0.253 e. The van der Waals surface area contributed by atoms with Crippen LogP contribution in [0.2, 0.25) is 0 Å². The highest BCUT2D eigenvalue weighted by Gasteiger charge is 2.50. The van der Waals surface area contributed by atoms with Crippen LogP contribution in [0.5, 0.6) is 0 Å². The fraction of sp³-hybridized carbons (Fsp3) is 0.579. The predicted molar refractivity (Wildman–Crippen MR) is 91.6 cm³/mol. The quantitative estimate of drug-likeness (QED) is 0.882. The lowest BCUT2D eigenvalue weighted by molar-refractivity contribution is -0.124. The van der Waals surface area contributed by atoms with Crippen LogP contribution in [0, 0.1) is 0 Å². The minimum absolute atomic E-state index is 0.0937. The Balaban J connectivity index is 1.75. The van der Waals surface area contributed by atoms with Crippen LogP contribution in [0.1, 0.15) is 50.5 Å². The molecule has 1 spiro atoms. The molecular weight excluding hydrogens is 286 g/mol. The largest absolute Gasteiger partial charge is 0.317 e. The van der Waals surface area contributed by atoms with Gasteiger partial charge in [-0.15, -0.1) is 0 Å². The zero-order chi connectivity index (χ0) is 15.8. The lowest BCUT2D eigenvalue weighted by Crippen LogP contribution is -2.49. The van der Waals surface area contributed by atoms with Gasteiger partial charge in [-0.3, -0.25) is 9.79 Å². The standard InChI is InChI=1S/C19H25N3O/c23-17-19(11-13-20-14-12-19)22-16(21-17)18(9-5-2-6-10-18)15-7-3-1-4-8-15/h1,3-4,7-8,20H,2,5-6,9-14H2,(H,21,22,23). The van der Waals surface area contributed by atoms with E-state index in [1.54, 1.807) is 0 Å². The van der Waals surface area contributed by atoms with Gasteiger partial charge in [0.25, 0.3) is 5.91 Å². The van der Waals surface area contributed by atoms with E-state index >= 15 is 0 Å². The number of hydrogen-bond acceptors (Lipinski definition) is 3. The summed E-state index contributed by atoms with van der Waals surface area (Å²) < 4.78 is 0. The monoisotopic (exact) mass is 311 g/mol. The van der Waals surface area contributed by atoms with Gasteiger partial charge in [0.05, 0.1) is 5.41 Å². The van der Waals surface area contributed by atoms with Crippen LogP contribution >= 0.6 is 0 Å². The summed E-state index contributed by atoms with van der Waals surface area (Å²) in [5.41, 5.74) is 0.702. The van der Waals surface area contributed by atoms with Crippen molar-refractivity contribution in [2.45, 2.75) is 55.9 Å². The van der Waals surface area contributed by atoms with Gasteiger partial charge in [0.2, 0.25) is 0 Å². The van der Waals surface area contributed by atoms with Crippen molar-refractivity contribution >= 4 is 11.7 Å². The molecule has 2 fully saturated rings. The summed E-state index contributed by atoms with van der Waals surface area (Å²) in [4.78, 5) is 17.8. The molecule has 0 unspecified atom stereocenters. The minimum atomic E-state index is -0.514. The first-order valence-corrected chi connectivity index (χ1v) is 8.93. The fourth-order valence-corrected chi connectivity index (χ4v) is 4.50. The molecule has 3 aliphatic rings. The number of carbonyl (C=O) groups excluding carboxylic acids is 1. The summed E-state index contributed by atoms with van der Waals surface area (Å²) in [7, 11) is 0. The summed E-state index contributed by atoms with van der Waals surface area (Å²) in [6.07, 6.45) is 7.50. The summed E-state index contributed by atoms with van der Waals surface area (Å²) in [5.74, 6) is 1.06. The van der Waals surface area contributed by atoms with Crippen molar-refractivity contribution in [1.82, 2.24) is 10.6 Å². The van der Waals surface area contributed by atoms with E-state index in [1.165, 1.54) is 24.8 Å². The Hall–Kier alpha value is -1.68. The van der Waals surface area contributed by atoms with Crippen molar-refractivity contribution in [3.8, 4) is 0 Å². The molecule has 0 atom stereocenters. The SMILES string of the molecule is O=C1NC(C2(c3ccccc3)CCCCC2)=NC12CCNCC2. The summed E-state index contributed by atoms with van der Waals surface area (Å²) in [6.45, 7) is 1.76. The Labute approximate surface area is 137 Å². The van der Waals surface area contributed by atoms with Gasteiger partial charge < -0.3 is 10.6 Å². The molecule has 23 heavy (non-hydrogen) atoms. The molecule has 0 aromatic heterocycles. The van der Waals surface area contributed by atoms with Crippen LogP contribution < -0.4 is 10.6 Å². The molecule has 1 aliphatic carbocycles. The highest BCUT2D eigenvalue weighted by Crippen LogP contribution is 2.43. The van der Waals surface area contributed by atoms with Crippen LogP contribution in [0.15, 0.2) is 35.3 Å². The molecule has 1 amide bonds. The maximum atomic E-state index is 12.7. The van der Waals surface area contributed by atoms with Gasteiger partial charge >= 0.3 is 0 Å². The molecule has 1 saturated heterocycles. The van der Waals surface area contributed by atoms with Crippen LogP contribution in [0.3, 0.4) is 0 Å². The van der Waals surface area contributed by atoms with Gasteiger partial charge in [-0.2, -0.15) is 0 Å². The molecule has 122 valence electrons. The van der Waals surface area contributed by atoms with Gasteiger partial charge in [-0.05, 0) is 44.3 Å². The Morgan fingerprint density at radius 2 is 1.61 bits per heavy atom. The molecule has 0 radical (unpaired) electrons. The summed E-state index contributed by atoms with van der Waals surface area (Å²) in [6, 6.07) is 10.7. The zero-order valence-corrected chi connectivity index (χ0v) is 13.6. The van der Waals surface area contributed by atoms with E-state index < -0.39 is 5.54 Å². The van der Waals surface area contributed by atoms with E-state index in [9.17, 15) is 4.79 Å². The number of benzene rings is 1. The summed E-state index contributed by atoms with van der Waals surface area (Å²) in [5, 5.41) is 6.55. The number of rotatable bonds is 2. The second-order valence-electron chi connectivity index (χ2n) is 7.20. The molecule has 1 aromatic carbocycles. The first kappa shape index (κ1) is 14.9. The van der Waals surface area contributed by atoms with E-state index in [0.29, 0.717) is 0 Å².